The summed E-state index contributed by atoms with van der Waals surface area (Å²) in [5.74, 6) is -0.173. The number of nitrogens with one attached hydrogen (secondary N) is 1. The smallest absolute Gasteiger partial charge is 0.253 e. The zero-order valence-electron chi connectivity index (χ0n) is 12.5. The van der Waals surface area contributed by atoms with Crippen molar-refractivity contribution >= 4 is 17.5 Å². The average Bonchev–Trinajstić information content (AvgIpc) is 2.48. The highest BCUT2D eigenvalue weighted by Crippen LogP contribution is 2.13. The standard InChI is InChI=1S/C15H21N3O3/c1-17-7-9-18(10-8-17)15(20)12-3-5-13(6-4-12)16-14(19)11-21-2/h3-6H,7-11H2,1-2H3,(H,16,19). The quantitative estimate of drug-likeness (QED) is 0.885. The minimum Gasteiger partial charge on any atom is -0.375 e. The summed E-state index contributed by atoms with van der Waals surface area (Å²) in [6.07, 6.45) is 0. The number of rotatable bonds is 4. The molecule has 0 unspecified atom stereocenters. The molecule has 0 bridgehead atoms. The molecule has 0 spiro atoms. The lowest BCUT2D eigenvalue weighted by Gasteiger charge is -2.32. The molecule has 1 aliphatic heterocycles. The normalized spacial score (nSPS) is 15.8. The Balaban J connectivity index is 1.95. The number of benzene rings is 1. The molecule has 0 aliphatic carbocycles. The van der Waals surface area contributed by atoms with Gasteiger partial charge in [-0.15, -0.1) is 0 Å². The number of hydrogen-bond acceptors (Lipinski definition) is 4. The summed E-state index contributed by atoms with van der Waals surface area (Å²) in [7, 11) is 3.52. The number of amides is 2. The first-order chi connectivity index (χ1) is 10.1. The zero-order chi connectivity index (χ0) is 15.2. The Kier molecular flexibility index (Phi) is 5.30. The number of likely N-dealkylation sites (N-methyl/N-ethyl adjacent to an activating group) is 1. The van der Waals surface area contributed by atoms with Gasteiger partial charge in [-0.1, -0.05) is 0 Å². The van der Waals surface area contributed by atoms with Gasteiger partial charge >= 0.3 is 0 Å². The van der Waals surface area contributed by atoms with Crippen LogP contribution >= 0.6 is 0 Å². The molecule has 1 fully saturated rings. The predicted octanol–water partition coefficient (Wildman–Crippen LogP) is 0.659. The van der Waals surface area contributed by atoms with Gasteiger partial charge in [0, 0.05) is 44.5 Å². The van der Waals surface area contributed by atoms with Gasteiger partial charge in [0.15, 0.2) is 0 Å². The molecule has 1 aromatic rings. The molecule has 6 nitrogen and oxygen atoms in total. The number of carbonyl (C=O) groups excluding carboxylic acids is 2. The molecule has 114 valence electrons. The summed E-state index contributed by atoms with van der Waals surface area (Å²) < 4.78 is 4.75. The van der Waals surface area contributed by atoms with Gasteiger partial charge in [-0.3, -0.25) is 9.59 Å². The van der Waals surface area contributed by atoms with Gasteiger partial charge in [-0.05, 0) is 31.3 Å². The summed E-state index contributed by atoms with van der Waals surface area (Å²) >= 11 is 0. The lowest BCUT2D eigenvalue weighted by Crippen LogP contribution is -2.47. The molecule has 1 aliphatic rings. The largest absolute Gasteiger partial charge is 0.375 e. The third kappa shape index (κ3) is 4.27. The molecule has 2 amide bonds. The second kappa shape index (κ2) is 7.19. The molecule has 0 radical (unpaired) electrons. The van der Waals surface area contributed by atoms with Crippen molar-refractivity contribution in [2.24, 2.45) is 0 Å². The van der Waals surface area contributed by atoms with Gasteiger partial charge in [0.05, 0.1) is 0 Å². The van der Waals surface area contributed by atoms with E-state index >= 15 is 0 Å². The van der Waals surface area contributed by atoms with Crippen molar-refractivity contribution in [3.8, 4) is 0 Å². The number of piperazine rings is 1. The monoisotopic (exact) mass is 291 g/mol. The van der Waals surface area contributed by atoms with E-state index in [-0.39, 0.29) is 18.4 Å². The highest BCUT2D eigenvalue weighted by atomic mass is 16.5. The molecule has 1 heterocycles. The van der Waals surface area contributed by atoms with Crippen LogP contribution < -0.4 is 5.32 Å². The van der Waals surface area contributed by atoms with Crippen molar-refractivity contribution in [2.45, 2.75) is 0 Å². The van der Waals surface area contributed by atoms with Crippen LogP contribution in [0.25, 0.3) is 0 Å². The number of hydrogen-bond donors (Lipinski definition) is 1. The van der Waals surface area contributed by atoms with Crippen LogP contribution in [0.4, 0.5) is 5.69 Å². The Morgan fingerprint density at radius 3 is 2.33 bits per heavy atom. The van der Waals surface area contributed by atoms with Gasteiger partial charge in [0.25, 0.3) is 5.91 Å². The summed E-state index contributed by atoms with van der Waals surface area (Å²) in [6, 6.07) is 6.94. The molecule has 1 N–H and O–H groups in total. The van der Waals surface area contributed by atoms with Crippen molar-refractivity contribution < 1.29 is 14.3 Å². The van der Waals surface area contributed by atoms with Crippen LogP contribution in [0.2, 0.25) is 0 Å². The minimum atomic E-state index is -0.212. The maximum absolute atomic E-state index is 12.3. The third-order valence-electron chi connectivity index (χ3n) is 3.48. The van der Waals surface area contributed by atoms with Gasteiger partial charge in [0.1, 0.15) is 6.61 Å². The number of nitrogens with zero attached hydrogens (tertiary/aromatic N) is 2. The molecule has 1 saturated heterocycles. The van der Waals surface area contributed by atoms with Crippen molar-refractivity contribution in [2.75, 3.05) is 52.3 Å². The molecule has 0 aromatic heterocycles. The van der Waals surface area contributed by atoms with Crippen LogP contribution in [-0.4, -0.2) is 68.6 Å². The van der Waals surface area contributed by atoms with Crippen molar-refractivity contribution in [3.05, 3.63) is 29.8 Å². The Morgan fingerprint density at radius 1 is 1.14 bits per heavy atom. The Bertz CT molecular complexity index is 493. The highest BCUT2D eigenvalue weighted by Gasteiger charge is 2.20. The Hall–Kier alpha value is -1.92. The van der Waals surface area contributed by atoms with Crippen LogP contribution in [0.15, 0.2) is 24.3 Å². The first-order valence-corrected chi connectivity index (χ1v) is 6.97. The maximum Gasteiger partial charge on any atom is 0.253 e. The number of methoxy groups -OCH3 is 1. The van der Waals surface area contributed by atoms with E-state index in [0.29, 0.717) is 11.3 Å². The van der Waals surface area contributed by atoms with E-state index in [1.165, 1.54) is 7.11 Å². The minimum absolute atomic E-state index is 0.0159. The van der Waals surface area contributed by atoms with Crippen molar-refractivity contribution in [1.82, 2.24) is 9.80 Å². The molecule has 21 heavy (non-hydrogen) atoms. The molecule has 2 rings (SSSR count). The van der Waals surface area contributed by atoms with Crippen LogP contribution in [0.3, 0.4) is 0 Å². The van der Waals surface area contributed by atoms with Gasteiger partial charge in [-0.25, -0.2) is 0 Å². The van der Waals surface area contributed by atoms with Crippen LogP contribution in [-0.2, 0) is 9.53 Å². The summed E-state index contributed by atoms with van der Waals surface area (Å²) in [5.41, 5.74) is 1.30. The van der Waals surface area contributed by atoms with Gasteiger partial charge in [-0.2, -0.15) is 0 Å². The summed E-state index contributed by atoms with van der Waals surface area (Å²) in [6.45, 7) is 3.32. The SMILES string of the molecule is COCC(=O)Nc1ccc(C(=O)N2CCN(C)CC2)cc1. The molecule has 1 aromatic carbocycles. The van der Waals surface area contributed by atoms with E-state index in [1.54, 1.807) is 24.3 Å². The van der Waals surface area contributed by atoms with Gasteiger partial charge in [0.2, 0.25) is 5.91 Å². The summed E-state index contributed by atoms with van der Waals surface area (Å²) in [5, 5.41) is 2.70. The van der Waals surface area contributed by atoms with E-state index in [1.807, 2.05) is 4.90 Å². The Morgan fingerprint density at radius 2 is 1.76 bits per heavy atom. The predicted molar refractivity (Wildman–Crippen MR) is 80.3 cm³/mol. The highest BCUT2D eigenvalue weighted by molar-refractivity contribution is 5.96. The van der Waals surface area contributed by atoms with Crippen LogP contribution in [0.1, 0.15) is 10.4 Å². The fraction of sp³-hybridized carbons (Fsp3) is 0.467. The van der Waals surface area contributed by atoms with E-state index in [4.69, 9.17) is 4.74 Å². The second-order valence-electron chi connectivity index (χ2n) is 5.15. The van der Waals surface area contributed by atoms with E-state index in [2.05, 4.69) is 17.3 Å². The van der Waals surface area contributed by atoms with E-state index < -0.39 is 0 Å². The fourth-order valence-electron chi connectivity index (χ4n) is 2.22. The molecule has 0 atom stereocenters. The van der Waals surface area contributed by atoms with Crippen LogP contribution in [0.5, 0.6) is 0 Å². The Labute approximate surface area is 124 Å². The van der Waals surface area contributed by atoms with E-state index in [0.717, 1.165) is 26.2 Å². The zero-order valence-corrected chi connectivity index (χ0v) is 12.5. The topological polar surface area (TPSA) is 61.9 Å². The van der Waals surface area contributed by atoms with Crippen LogP contribution in [0, 0.1) is 0 Å². The number of ether oxygens (including phenoxy) is 1. The van der Waals surface area contributed by atoms with Crippen molar-refractivity contribution in [1.29, 1.82) is 0 Å². The molecular formula is C15H21N3O3. The fourth-order valence-corrected chi connectivity index (χ4v) is 2.22. The average molecular weight is 291 g/mol. The molecule has 6 heteroatoms. The second-order valence-corrected chi connectivity index (χ2v) is 5.15. The summed E-state index contributed by atoms with van der Waals surface area (Å²) in [4.78, 5) is 27.8. The lowest BCUT2D eigenvalue weighted by atomic mass is 10.1. The van der Waals surface area contributed by atoms with Gasteiger partial charge < -0.3 is 19.9 Å². The lowest BCUT2D eigenvalue weighted by molar-refractivity contribution is -0.119. The first kappa shape index (κ1) is 15.5. The van der Waals surface area contributed by atoms with E-state index in [9.17, 15) is 9.59 Å². The maximum atomic E-state index is 12.3. The molecule has 0 saturated carbocycles. The third-order valence-corrected chi connectivity index (χ3v) is 3.48. The first-order valence-electron chi connectivity index (χ1n) is 6.97. The number of carbonyl (C=O) groups is 2. The number of anilines is 1. The van der Waals surface area contributed by atoms with Crippen molar-refractivity contribution in [3.63, 3.8) is 0 Å². The molecular weight excluding hydrogens is 270 g/mol.